The minimum atomic E-state index is -1.75. The van der Waals surface area contributed by atoms with Crippen LogP contribution in [0.2, 0.25) is 0 Å². The van der Waals surface area contributed by atoms with E-state index in [1.807, 2.05) is 0 Å². The number of nitrogens with zero attached hydrogens (tertiary/aromatic N) is 2. The summed E-state index contributed by atoms with van der Waals surface area (Å²) >= 11 is 0. The molecule has 0 amide bonds. The largest absolute Gasteiger partial charge is 2.00 e. The van der Waals surface area contributed by atoms with E-state index < -0.39 is 10.2 Å². The topological polar surface area (TPSA) is 132 Å². The quantitative estimate of drug-likeness (QED) is 0.287. The molecule has 1 radical (unpaired) electrons. The van der Waals surface area contributed by atoms with Crippen LogP contribution in [-0.2, 0) is 17.1 Å². The Morgan fingerprint density at radius 3 is 0.800 bits per heavy atom. The average molecular weight is 219 g/mol. The molecule has 10 heteroatoms. The van der Waals surface area contributed by atoms with Gasteiger partial charge in [0.05, 0.1) is 10.2 Å². The molecule has 0 aliphatic carbocycles. The summed E-state index contributed by atoms with van der Waals surface area (Å²) in [6, 6.07) is 0. The Morgan fingerprint density at radius 1 is 0.800 bits per heavy atom. The molecule has 0 aromatic rings. The summed E-state index contributed by atoms with van der Waals surface area (Å²) < 4.78 is 0. The van der Waals surface area contributed by atoms with E-state index in [0.717, 1.165) is 0 Å². The second-order valence-corrected chi connectivity index (χ2v) is 0.447. The Morgan fingerprint density at radius 2 is 0.800 bits per heavy atom. The van der Waals surface area contributed by atoms with E-state index in [4.69, 9.17) is 30.6 Å². The zero-order chi connectivity index (χ0) is 7.15. The van der Waals surface area contributed by atoms with Gasteiger partial charge in [0.1, 0.15) is 0 Å². The van der Waals surface area contributed by atoms with E-state index in [2.05, 4.69) is 0 Å². The van der Waals surface area contributed by atoms with Crippen LogP contribution in [0.5, 0.6) is 0 Å². The summed E-state index contributed by atoms with van der Waals surface area (Å²) in [5.74, 6) is 0. The van der Waals surface area contributed by atoms with Gasteiger partial charge in [0.2, 0.25) is 0 Å². The van der Waals surface area contributed by atoms with Gasteiger partial charge in [-0.1, -0.05) is 0 Å². The molecular weight excluding hydrogens is 218 g/mol. The third-order valence-electron chi connectivity index (χ3n) is 0. The molecule has 0 spiro atoms. The van der Waals surface area contributed by atoms with Crippen molar-refractivity contribution in [1.82, 2.24) is 0 Å². The van der Waals surface area contributed by atoms with Crippen molar-refractivity contribution in [3.05, 3.63) is 30.6 Å². The molecule has 10 heavy (non-hydrogen) atoms. The van der Waals surface area contributed by atoms with Gasteiger partial charge in [-0.2, -0.15) is 0 Å². The maximum atomic E-state index is 8.25. The SMILES string of the molecule is O=[N+]([O-])[O-].O=[N+]([O-])[O-].[KH].[Mn+2]. The fourth-order valence-electron chi connectivity index (χ4n) is 0. The van der Waals surface area contributed by atoms with Gasteiger partial charge in [0, 0.05) is 0 Å². The molecule has 55 valence electrons. The summed E-state index contributed by atoms with van der Waals surface area (Å²) in [6.45, 7) is 0. The Hall–Kier alpha value is 0.556. The summed E-state index contributed by atoms with van der Waals surface area (Å²) in [5.41, 5.74) is 0. The molecule has 0 aromatic heterocycles. The van der Waals surface area contributed by atoms with Crippen molar-refractivity contribution in [1.29, 1.82) is 0 Å². The number of hydrogen-bond donors (Lipinski definition) is 0. The standard InChI is InChI=1S/K.Mn.2NO3.H/c;;2*2-1(3)4;/q;+2;2*-1;. The van der Waals surface area contributed by atoms with Crippen LogP contribution in [0.3, 0.4) is 0 Å². The van der Waals surface area contributed by atoms with Gasteiger partial charge in [-0.15, -0.1) is 0 Å². The summed E-state index contributed by atoms with van der Waals surface area (Å²) in [6.07, 6.45) is 0. The Balaban J connectivity index is -0.0000000300. The van der Waals surface area contributed by atoms with Gasteiger partial charge in [-0.25, -0.2) is 0 Å². The molecule has 0 aliphatic heterocycles. The summed E-state index contributed by atoms with van der Waals surface area (Å²) in [7, 11) is 0. The van der Waals surface area contributed by atoms with E-state index in [-0.39, 0.29) is 68.5 Å². The van der Waals surface area contributed by atoms with E-state index in [1.54, 1.807) is 0 Å². The van der Waals surface area contributed by atoms with Crippen LogP contribution < -0.4 is 0 Å². The molecule has 0 N–H and O–H groups in total. The number of hydrogen-bond acceptors (Lipinski definition) is 6. The molecular formula is HKMnN2O6. The summed E-state index contributed by atoms with van der Waals surface area (Å²) in [5, 5.41) is 29.5. The Labute approximate surface area is 108 Å². The molecule has 0 fully saturated rings. The van der Waals surface area contributed by atoms with Crippen LogP contribution in [-0.4, -0.2) is 61.6 Å². The van der Waals surface area contributed by atoms with Crippen LogP contribution in [0, 0.1) is 30.6 Å². The first-order valence-electron chi connectivity index (χ1n) is 1.10. The second-order valence-electron chi connectivity index (χ2n) is 0.447. The molecule has 0 saturated heterocycles. The molecule has 0 aliphatic rings. The molecule has 0 bridgehead atoms. The van der Waals surface area contributed by atoms with Crippen molar-refractivity contribution >= 4 is 51.4 Å². The summed E-state index contributed by atoms with van der Waals surface area (Å²) in [4.78, 5) is 16.5. The van der Waals surface area contributed by atoms with Crippen LogP contribution in [0.1, 0.15) is 0 Å². The van der Waals surface area contributed by atoms with Crippen LogP contribution in [0.25, 0.3) is 0 Å². The molecule has 8 nitrogen and oxygen atoms in total. The minimum absolute atomic E-state index is 0. The predicted octanol–water partition coefficient (Wildman–Crippen LogP) is -1.13. The first-order chi connectivity index (χ1) is 3.46. The third kappa shape index (κ3) is 1580. The fourth-order valence-corrected chi connectivity index (χ4v) is 0. The van der Waals surface area contributed by atoms with Crippen LogP contribution in [0.15, 0.2) is 0 Å². The van der Waals surface area contributed by atoms with Crippen molar-refractivity contribution in [2.45, 2.75) is 0 Å². The average Bonchev–Trinajstić information content (AvgIpc) is 1.25. The minimum Gasteiger partial charge on any atom is 2.00 e. The van der Waals surface area contributed by atoms with Crippen molar-refractivity contribution in [3.8, 4) is 0 Å². The molecule has 0 heterocycles. The van der Waals surface area contributed by atoms with Crippen molar-refractivity contribution < 1.29 is 27.2 Å². The third-order valence-corrected chi connectivity index (χ3v) is 0. The van der Waals surface area contributed by atoms with Crippen molar-refractivity contribution in [2.24, 2.45) is 0 Å². The molecule has 0 rings (SSSR count). The Bertz CT molecular complexity index is 73.7. The van der Waals surface area contributed by atoms with Gasteiger partial charge in [0.15, 0.2) is 0 Å². The molecule has 0 aromatic carbocycles. The van der Waals surface area contributed by atoms with E-state index in [9.17, 15) is 0 Å². The van der Waals surface area contributed by atoms with Crippen LogP contribution >= 0.6 is 0 Å². The van der Waals surface area contributed by atoms with E-state index in [0.29, 0.717) is 0 Å². The van der Waals surface area contributed by atoms with Gasteiger partial charge in [-0.05, 0) is 0 Å². The van der Waals surface area contributed by atoms with Gasteiger partial charge < -0.3 is 30.6 Å². The predicted molar refractivity (Wildman–Crippen MR) is 27.9 cm³/mol. The molecule has 0 saturated carbocycles. The Kier molecular flexibility index (Phi) is 36.5. The zero-order valence-corrected chi connectivity index (χ0v) is 4.90. The fraction of sp³-hybridized carbons (Fsp3) is 0. The monoisotopic (exact) mass is 219 g/mol. The molecule has 0 unspecified atom stereocenters. The van der Waals surface area contributed by atoms with Crippen molar-refractivity contribution in [2.75, 3.05) is 0 Å². The smallest absolute Gasteiger partial charge is 2.00 e. The van der Waals surface area contributed by atoms with Gasteiger partial charge in [0.25, 0.3) is 0 Å². The normalized spacial score (nSPS) is 4.80. The van der Waals surface area contributed by atoms with Crippen LogP contribution in [0.4, 0.5) is 0 Å². The molecule has 0 atom stereocenters. The maximum absolute atomic E-state index is 8.25. The number of rotatable bonds is 0. The van der Waals surface area contributed by atoms with E-state index in [1.165, 1.54) is 0 Å². The van der Waals surface area contributed by atoms with Gasteiger partial charge in [-0.3, -0.25) is 0 Å². The maximum Gasteiger partial charge on any atom is 2.00 e. The first kappa shape index (κ1) is 22.4. The van der Waals surface area contributed by atoms with Crippen molar-refractivity contribution in [3.63, 3.8) is 0 Å². The van der Waals surface area contributed by atoms with Gasteiger partial charge >= 0.3 is 68.5 Å². The first-order valence-corrected chi connectivity index (χ1v) is 1.10. The van der Waals surface area contributed by atoms with E-state index >= 15 is 0 Å². The second kappa shape index (κ2) is 16.3. The zero-order valence-electron chi connectivity index (χ0n) is 3.72.